The molecule has 3 rings (SSSR count). The molecule has 5 nitrogen and oxygen atoms in total. The van der Waals surface area contributed by atoms with Gasteiger partial charge in [-0.25, -0.2) is 4.98 Å². The van der Waals surface area contributed by atoms with E-state index in [9.17, 15) is 4.79 Å². The number of hydrogen-bond acceptors (Lipinski definition) is 3. The van der Waals surface area contributed by atoms with Crippen molar-refractivity contribution in [3.63, 3.8) is 0 Å². The number of rotatable bonds is 6. The molecule has 0 saturated carbocycles. The van der Waals surface area contributed by atoms with Crippen LogP contribution >= 0.6 is 0 Å². The highest BCUT2D eigenvalue weighted by Crippen LogP contribution is 2.15. The van der Waals surface area contributed by atoms with Crippen molar-refractivity contribution in [1.82, 2.24) is 14.9 Å². The lowest BCUT2D eigenvalue weighted by Gasteiger charge is -2.22. The van der Waals surface area contributed by atoms with Crippen LogP contribution in [0.4, 0.5) is 0 Å². The second kappa shape index (κ2) is 7.40. The fourth-order valence-electron chi connectivity index (χ4n) is 2.91. The molecule has 0 bridgehead atoms. The molecule has 1 amide bonds. The fraction of sp³-hybridized carbons (Fsp3) is 0.529. The number of aromatic nitrogens is 2. The number of carbonyl (C=O) groups excluding carboxylic acids is 1. The molecule has 0 spiro atoms. The fourth-order valence-corrected chi connectivity index (χ4v) is 2.91. The molecular formula is C17H23N3O2. The van der Waals surface area contributed by atoms with Crippen LogP contribution in [0.25, 0.3) is 11.0 Å². The summed E-state index contributed by atoms with van der Waals surface area (Å²) in [5.41, 5.74) is 2.04. The number of nitrogens with one attached hydrogen (secondary N) is 1. The first-order valence-electron chi connectivity index (χ1n) is 8.11. The molecule has 1 aromatic carbocycles. The average Bonchev–Trinajstić information content (AvgIpc) is 2.97. The molecule has 1 aromatic heterocycles. The van der Waals surface area contributed by atoms with Crippen molar-refractivity contribution < 1.29 is 9.53 Å². The molecule has 1 N–H and O–H groups in total. The first kappa shape index (κ1) is 15.0. The van der Waals surface area contributed by atoms with Crippen LogP contribution in [-0.2, 0) is 16.1 Å². The van der Waals surface area contributed by atoms with E-state index >= 15 is 0 Å². The van der Waals surface area contributed by atoms with Crippen LogP contribution < -0.4 is 5.32 Å². The van der Waals surface area contributed by atoms with Gasteiger partial charge in [0.25, 0.3) is 0 Å². The number of nitrogens with zero attached hydrogens (tertiary/aromatic N) is 2. The minimum Gasteiger partial charge on any atom is -0.378 e. The molecule has 0 aliphatic carbocycles. The summed E-state index contributed by atoms with van der Waals surface area (Å²) in [6.07, 6.45) is 7.05. The zero-order valence-electron chi connectivity index (χ0n) is 12.8. The number of imidazole rings is 1. The monoisotopic (exact) mass is 301 g/mol. The number of fused-ring (bicyclic) bond motifs is 1. The van der Waals surface area contributed by atoms with E-state index in [-0.39, 0.29) is 5.91 Å². The van der Waals surface area contributed by atoms with Crippen molar-refractivity contribution in [2.45, 2.75) is 44.8 Å². The Kier molecular flexibility index (Phi) is 5.06. The Bertz CT molecular complexity index is 617. The number of aryl methyl sites for hydroxylation is 1. The van der Waals surface area contributed by atoms with Gasteiger partial charge in [0.15, 0.2) is 0 Å². The first-order valence-corrected chi connectivity index (χ1v) is 8.11. The Morgan fingerprint density at radius 3 is 3.14 bits per heavy atom. The van der Waals surface area contributed by atoms with Gasteiger partial charge in [-0.15, -0.1) is 0 Å². The zero-order valence-corrected chi connectivity index (χ0v) is 12.8. The summed E-state index contributed by atoms with van der Waals surface area (Å²) >= 11 is 0. The van der Waals surface area contributed by atoms with E-state index in [1.807, 2.05) is 28.8 Å². The van der Waals surface area contributed by atoms with Crippen LogP contribution in [0.1, 0.15) is 32.1 Å². The molecule has 1 atom stereocenters. The molecule has 1 unspecified atom stereocenters. The summed E-state index contributed by atoms with van der Waals surface area (Å²) in [4.78, 5) is 16.3. The van der Waals surface area contributed by atoms with E-state index in [2.05, 4.69) is 10.3 Å². The molecule has 22 heavy (non-hydrogen) atoms. The summed E-state index contributed by atoms with van der Waals surface area (Å²) in [5.74, 6) is 0.0913. The molecule has 1 aliphatic rings. The Labute approximate surface area is 130 Å². The Morgan fingerprint density at radius 2 is 2.27 bits per heavy atom. The van der Waals surface area contributed by atoms with Gasteiger partial charge in [-0.05, 0) is 37.8 Å². The highest BCUT2D eigenvalue weighted by Gasteiger charge is 2.13. The van der Waals surface area contributed by atoms with Crippen LogP contribution in [0.2, 0.25) is 0 Å². The lowest BCUT2D eigenvalue weighted by Crippen LogP contribution is -2.29. The van der Waals surface area contributed by atoms with E-state index in [1.54, 1.807) is 6.33 Å². The predicted octanol–water partition coefficient (Wildman–Crippen LogP) is 2.50. The number of benzene rings is 1. The van der Waals surface area contributed by atoms with E-state index < -0.39 is 0 Å². The largest absolute Gasteiger partial charge is 0.378 e. The summed E-state index contributed by atoms with van der Waals surface area (Å²) in [6.45, 7) is 2.23. The number of amides is 1. The van der Waals surface area contributed by atoms with Gasteiger partial charge in [-0.3, -0.25) is 4.79 Å². The number of carbonyl (C=O) groups is 1. The maximum atomic E-state index is 11.9. The van der Waals surface area contributed by atoms with Gasteiger partial charge in [-0.2, -0.15) is 0 Å². The summed E-state index contributed by atoms with van der Waals surface area (Å²) in [6, 6.07) is 7.97. The molecule has 2 heterocycles. The third-order valence-electron chi connectivity index (χ3n) is 4.17. The van der Waals surface area contributed by atoms with Gasteiger partial charge in [0.2, 0.25) is 5.91 Å². The second-order valence-corrected chi connectivity index (χ2v) is 5.80. The summed E-state index contributed by atoms with van der Waals surface area (Å²) in [5, 5.41) is 2.99. The van der Waals surface area contributed by atoms with Gasteiger partial charge in [-0.1, -0.05) is 12.1 Å². The zero-order chi connectivity index (χ0) is 15.2. The predicted molar refractivity (Wildman–Crippen MR) is 85.6 cm³/mol. The lowest BCUT2D eigenvalue weighted by molar-refractivity contribution is -0.121. The number of ether oxygens (including phenoxy) is 1. The standard InChI is InChI=1S/C17H23N3O2/c21-17(18-10-8-14-5-3-4-12-22-14)9-11-20-13-19-15-6-1-2-7-16(15)20/h1-2,6-7,13-14H,3-5,8-12H2,(H,18,21). The van der Waals surface area contributed by atoms with E-state index in [1.165, 1.54) is 12.8 Å². The molecule has 2 aromatic rings. The number of para-hydroxylation sites is 2. The Morgan fingerprint density at radius 1 is 1.36 bits per heavy atom. The van der Waals surface area contributed by atoms with Crippen LogP contribution in [-0.4, -0.2) is 34.7 Å². The van der Waals surface area contributed by atoms with Gasteiger partial charge in [0.1, 0.15) is 0 Å². The SMILES string of the molecule is O=C(CCn1cnc2ccccc21)NCCC1CCCCO1. The molecule has 1 saturated heterocycles. The molecule has 5 heteroatoms. The first-order chi connectivity index (χ1) is 10.8. The maximum absolute atomic E-state index is 11.9. The second-order valence-electron chi connectivity index (χ2n) is 5.80. The van der Waals surface area contributed by atoms with Gasteiger partial charge in [0, 0.05) is 26.1 Å². The average molecular weight is 301 g/mol. The Hall–Kier alpha value is -1.88. The maximum Gasteiger partial charge on any atom is 0.221 e. The van der Waals surface area contributed by atoms with E-state index in [0.717, 1.165) is 30.5 Å². The Balaban J connectivity index is 1.40. The van der Waals surface area contributed by atoms with Crippen molar-refractivity contribution in [3.05, 3.63) is 30.6 Å². The quantitative estimate of drug-likeness (QED) is 0.892. The molecule has 118 valence electrons. The smallest absolute Gasteiger partial charge is 0.221 e. The van der Waals surface area contributed by atoms with Crippen LogP contribution in [0.15, 0.2) is 30.6 Å². The van der Waals surface area contributed by atoms with Gasteiger partial charge >= 0.3 is 0 Å². The summed E-state index contributed by atoms with van der Waals surface area (Å²) < 4.78 is 7.69. The van der Waals surface area contributed by atoms with Crippen molar-refractivity contribution in [1.29, 1.82) is 0 Å². The van der Waals surface area contributed by atoms with Crippen molar-refractivity contribution in [2.24, 2.45) is 0 Å². The molecule has 1 fully saturated rings. The van der Waals surface area contributed by atoms with Crippen LogP contribution in [0, 0.1) is 0 Å². The highest BCUT2D eigenvalue weighted by molar-refractivity contribution is 5.77. The molecule has 1 aliphatic heterocycles. The van der Waals surface area contributed by atoms with Crippen molar-refractivity contribution >= 4 is 16.9 Å². The normalized spacial score (nSPS) is 18.5. The lowest BCUT2D eigenvalue weighted by atomic mass is 10.1. The minimum absolute atomic E-state index is 0.0913. The summed E-state index contributed by atoms with van der Waals surface area (Å²) in [7, 11) is 0. The van der Waals surface area contributed by atoms with Crippen LogP contribution in [0.5, 0.6) is 0 Å². The third kappa shape index (κ3) is 3.85. The van der Waals surface area contributed by atoms with Crippen LogP contribution in [0.3, 0.4) is 0 Å². The minimum atomic E-state index is 0.0913. The van der Waals surface area contributed by atoms with Crippen molar-refractivity contribution in [2.75, 3.05) is 13.2 Å². The molecule has 0 radical (unpaired) electrons. The third-order valence-corrected chi connectivity index (χ3v) is 4.17. The van der Waals surface area contributed by atoms with Crippen molar-refractivity contribution in [3.8, 4) is 0 Å². The van der Waals surface area contributed by atoms with E-state index in [4.69, 9.17) is 4.74 Å². The highest BCUT2D eigenvalue weighted by atomic mass is 16.5. The van der Waals surface area contributed by atoms with E-state index in [0.29, 0.717) is 25.6 Å². The number of hydrogen-bond donors (Lipinski definition) is 1. The van der Waals surface area contributed by atoms with Gasteiger partial charge in [0.05, 0.1) is 23.5 Å². The van der Waals surface area contributed by atoms with Gasteiger partial charge < -0.3 is 14.6 Å². The topological polar surface area (TPSA) is 56.2 Å². The molecular weight excluding hydrogens is 278 g/mol.